The number of ketones is 1. The van der Waals surface area contributed by atoms with Gasteiger partial charge in [-0.25, -0.2) is 0 Å². The SMILES string of the molecule is CC1=CC2(CC(CC(=O)C(C)(C)O)(C(C)(C)O)OC2(C)C)OC1(C)C. The highest BCUT2D eigenvalue weighted by Gasteiger charge is 2.68. The van der Waals surface area contributed by atoms with Crippen molar-refractivity contribution < 1.29 is 24.5 Å². The molecule has 0 aromatic carbocycles. The van der Waals surface area contributed by atoms with Gasteiger partial charge in [0.1, 0.15) is 16.8 Å². The number of hydrogen-bond acceptors (Lipinski definition) is 5. The highest BCUT2D eigenvalue weighted by Crippen LogP contribution is 2.58. The second kappa shape index (κ2) is 5.38. The van der Waals surface area contributed by atoms with Crippen LogP contribution in [0.25, 0.3) is 0 Å². The van der Waals surface area contributed by atoms with E-state index in [-0.39, 0.29) is 12.2 Å². The average molecular weight is 354 g/mol. The predicted molar refractivity (Wildman–Crippen MR) is 96.4 cm³/mol. The van der Waals surface area contributed by atoms with Gasteiger partial charge >= 0.3 is 0 Å². The summed E-state index contributed by atoms with van der Waals surface area (Å²) in [6.07, 6.45) is 2.34. The molecule has 2 atom stereocenters. The Bertz CT molecular complexity index is 603. The highest BCUT2D eigenvalue weighted by molar-refractivity contribution is 5.87. The third-order valence-electron chi connectivity index (χ3n) is 6.10. The predicted octanol–water partition coefficient (Wildman–Crippen LogP) is 2.92. The fraction of sp³-hybridized carbons (Fsp3) is 0.850. The van der Waals surface area contributed by atoms with Crippen LogP contribution in [0.5, 0.6) is 0 Å². The van der Waals surface area contributed by atoms with E-state index >= 15 is 0 Å². The van der Waals surface area contributed by atoms with Gasteiger partial charge in [0.2, 0.25) is 0 Å². The lowest BCUT2D eigenvalue weighted by atomic mass is 9.72. The van der Waals surface area contributed by atoms with E-state index in [4.69, 9.17) is 9.47 Å². The third-order valence-corrected chi connectivity index (χ3v) is 6.10. The molecule has 144 valence electrons. The molecule has 1 spiro atoms. The first-order chi connectivity index (χ1) is 10.9. The van der Waals surface area contributed by atoms with Crippen molar-refractivity contribution in [1.29, 1.82) is 0 Å². The lowest BCUT2D eigenvalue weighted by Gasteiger charge is -2.41. The molecule has 2 aliphatic heterocycles. The Morgan fingerprint density at radius 3 is 2.00 bits per heavy atom. The highest BCUT2D eigenvalue weighted by atomic mass is 16.6. The maximum Gasteiger partial charge on any atom is 0.166 e. The summed E-state index contributed by atoms with van der Waals surface area (Å²) in [5, 5.41) is 21.0. The summed E-state index contributed by atoms with van der Waals surface area (Å²) in [5.74, 6) is -0.361. The number of ether oxygens (including phenoxy) is 2. The van der Waals surface area contributed by atoms with Gasteiger partial charge < -0.3 is 19.7 Å². The molecular weight excluding hydrogens is 320 g/mol. The van der Waals surface area contributed by atoms with Crippen molar-refractivity contribution in [3.63, 3.8) is 0 Å². The van der Waals surface area contributed by atoms with E-state index in [0.717, 1.165) is 5.57 Å². The van der Waals surface area contributed by atoms with Crippen LogP contribution >= 0.6 is 0 Å². The van der Waals surface area contributed by atoms with Crippen LogP contribution in [0.2, 0.25) is 0 Å². The fourth-order valence-electron chi connectivity index (χ4n) is 3.85. The van der Waals surface area contributed by atoms with Gasteiger partial charge in [-0.05, 0) is 74.0 Å². The summed E-state index contributed by atoms with van der Waals surface area (Å²) >= 11 is 0. The zero-order valence-corrected chi connectivity index (χ0v) is 17.1. The van der Waals surface area contributed by atoms with Gasteiger partial charge in [-0.15, -0.1) is 0 Å². The van der Waals surface area contributed by atoms with Crippen LogP contribution in [-0.4, -0.2) is 49.6 Å². The number of aliphatic hydroxyl groups is 2. The molecule has 5 nitrogen and oxygen atoms in total. The number of rotatable bonds is 4. The quantitative estimate of drug-likeness (QED) is 0.759. The van der Waals surface area contributed by atoms with Gasteiger partial charge in [0.25, 0.3) is 0 Å². The maximum absolute atomic E-state index is 12.6. The van der Waals surface area contributed by atoms with Gasteiger partial charge in [-0.2, -0.15) is 0 Å². The molecule has 2 unspecified atom stereocenters. The Balaban J connectivity index is 2.51. The van der Waals surface area contributed by atoms with Crippen molar-refractivity contribution in [2.45, 2.75) is 109 Å². The van der Waals surface area contributed by atoms with Crippen LogP contribution in [0.1, 0.15) is 75.2 Å². The number of carbonyl (C=O) groups excluding carboxylic acids is 1. The minimum atomic E-state index is -1.48. The molecule has 0 bridgehead atoms. The van der Waals surface area contributed by atoms with Gasteiger partial charge in [0.15, 0.2) is 5.78 Å². The Labute approximate surface area is 151 Å². The summed E-state index contributed by atoms with van der Waals surface area (Å²) in [7, 11) is 0. The zero-order chi connectivity index (χ0) is 19.7. The van der Waals surface area contributed by atoms with Crippen molar-refractivity contribution in [1.82, 2.24) is 0 Å². The molecule has 0 aromatic heterocycles. The molecule has 0 saturated carbocycles. The first kappa shape index (κ1) is 20.6. The largest absolute Gasteiger partial charge is 0.387 e. The van der Waals surface area contributed by atoms with E-state index in [2.05, 4.69) is 6.08 Å². The van der Waals surface area contributed by atoms with Crippen LogP contribution in [0.3, 0.4) is 0 Å². The molecular formula is C20H34O5. The van der Waals surface area contributed by atoms with Crippen LogP contribution < -0.4 is 0 Å². The topological polar surface area (TPSA) is 76.0 Å². The molecule has 0 aliphatic carbocycles. The van der Waals surface area contributed by atoms with Gasteiger partial charge in [-0.1, -0.05) is 0 Å². The second-order valence-electron chi connectivity index (χ2n) is 9.83. The Morgan fingerprint density at radius 1 is 1.12 bits per heavy atom. The fourth-order valence-corrected chi connectivity index (χ4v) is 3.85. The van der Waals surface area contributed by atoms with E-state index < -0.39 is 33.6 Å². The molecule has 2 heterocycles. The van der Waals surface area contributed by atoms with E-state index in [1.807, 2.05) is 34.6 Å². The van der Waals surface area contributed by atoms with E-state index in [0.29, 0.717) is 6.42 Å². The second-order valence-corrected chi connectivity index (χ2v) is 9.83. The number of Topliss-reactive ketones (excluding diaryl/α,β-unsaturated/α-hetero) is 1. The Hall–Kier alpha value is -0.750. The Kier molecular flexibility index (Phi) is 4.43. The minimum absolute atomic E-state index is 0.0815. The van der Waals surface area contributed by atoms with Crippen molar-refractivity contribution in [2.24, 2.45) is 0 Å². The van der Waals surface area contributed by atoms with E-state index in [9.17, 15) is 15.0 Å². The number of hydrogen-bond donors (Lipinski definition) is 2. The van der Waals surface area contributed by atoms with Crippen molar-refractivity contribution in [3.8, 4) is 0 Å². The molecule has 1 saturated heterocycles. The minimum Gasteiger partial charge on any atom is -0.387 e. The first-order valence-corrected chi connectivity index (χ1v) is 8.96. The molecule has 2 aliphatic rings. The van der Waals surface area contributed by atoms with Gasteiger partial charge in [-0.3, -0.25) is 4.79 Å². The lowest BCUT2D eigenvalue weighted by molar-refractivity contribution is -0.203. The van der Waals surface area contributed by atoms with Crippen LogP contribution in [0.4, 0.5) is 0 Å². The molecule has 5 heteroatoms. The summed E-state index contributed by atoms with van der Waals surface area (Å²) in [6.45, 7) is 16.1. The van der Waals surface area contributed by atoms with Gasteiger partial charge in [0.05, 0.1) is 16.8 Å². The van der Waals surface area contributed by atoms with E-state index in [1.54, 1.807) is 13.8 Å². The zero-order valence-electron chi connectivity index (χ0n) is 17.1. The lowest BCUT2D eigenvalue weighted by Crippen LogP contribution is -2.54. The normalized spacial score (nSPS) is 34.4. The van der Waals surface area contributed by atoms with E-state index in [1.165, 1.54) is 13.8 Å². The van der Waals surface area contributed by atoms with Gasteiger partial charge in [0, 0.05) is 12.8 Å². The summed E-state index contributed by atoms with van der Waals surface area (Å²) in [4.78, 5) is 12.6. The third kappa shape index (κ3) is 3.20. The van der Waals surface area contributed by atoms with Crippen molar-refractivity contribution in [2.75, 3.05) is 0 Å². The van der Waals surface area contributed by atoms with Crippen LogP contribution in [-0.2, 0) is 14.3 Å². The molecule has 2 N–H and O–H groups in total. The van der Waals surface area contributed by atoms with Crippen LogP contribution in [0, 0.1) is 0 Å². The Morgan fingerprint density at radius 2 is 1.64 bits per heavy atom. The summed E-state index contributed by atoms with van der Waals surface area (Å²) in [5.41, 5.74) is -4.72. The molecule has 25 heavy (non-hydrogen) atoms. The first-order valence-electron chi connectivity index (χ1n) is 8.96. The average Bonchev–Trinajstić information content (AvgIpc) is 2.68. The summed E-state index contributed by atoms with van der Waals surface area (Å²) in [6, 6.07) is 0. The smallest absolute Gasteiger partial charge is 0.166 e. The molecule has 0 radical (unpaired) electrons. The molecule has 1 fully saturated rings. The van der Waals surface area contributed by atoms with Crippen molar-refractivity contribution >= 4 is 5.78 Å². The maximum atomic E-state index is 12.6. The van der Waals surface area contributed by atoms with Crippen LogP contribution in [0.15, 0.2) is 11.6 Å². The number of carbonyl (C=O) groups is 1. The standard InChI is InChI=1S/C20H34O5/c1-13-10-20(24-16(13,4)5)12-19(17(6,7)23,25-18(20,8)9)11-14(21)15(2,3)22/h10,22-23H,11-12H2,1-9H3. The van der Waals surface area contributed by atoms with Crippen molar-refractivity contribution in [3.05, 3.63) is 11.6 Å². The molecule has 2 rings (SSSR count). The molecule has 0 aromatic rings. The molecule has 0 amide bonds. The summed E-state index contributed by atoms with van der Waals surface area (Å²) < 4.78 is 12.8. The monoisotopic (exact) mass is 354 g/mol.